The Morgan fingerprint density at radius 3 is 2.85 bits per heavy atom. The highest BCUT2D eigenvalue weighted by Crippen LogP contribution is 2.35. The minimum atomic E-state index is 0.249. The summed E-state index contributed by atoms with van der Waals surface area (Å²) in [6, 6.07) is 6.43. The lowest BCUT2D eigenvalue weighted by molar-refractivity contribution is -0.112. The molecule has 4 heteroatoms. The van der Waals surface area contributed by atoms with E-state index in [0.717, 1.165) is 50.2 Å². The molecule has 0 unspecified atom stereocenters. The Morgan fingerprint density at radius 2 is 2.04 bits per heavy atom. The molecular formula is C23H29N3O. The Morgan fingerprint density at radius 1 is 1.15 bits per heavy atom. The molecular weight excluding hydrogens is 334 g/mol. The summed E-state index contributed by atoms with van der Waals surface area (Å²) in [5, 5.41) is 0. The normalized spacial score (nSPS) is 22.7. The van der Waals surface area contributed by atoms with E-state index in [2.05, 4.69) is 53.0 Å². The molecule has 0 N–H and O–H groups in total. The van der Waals surface area contributed by atoms with Crippen LogP contribution in [0.2, 0.25) is 0 Å². The summed E-state index contributed by atoms with van der Waals surface area (Å²) >= 11 is 0. The first-order valence-corrected chi connectivity index (χ1v) is 10.2. The summed E-state index contributed by atoms with van der Waals surface area (Å²) in [5.74, 6) is 0.249. The first kappa shape index (κ1) is 18.3. The van der Waals surface area contributed by atoms with Gasteiger partial charge in [-0.3, -0.25) is 14.7 Å². The molecule has 0 bridgehead atoms. The third-order valence-electron chi connectivity index (χ3n) is 5.92. The number of benzene rings is 1. The van der Waals surface area contributed by atoms with E-state index in [1.807, 2.05) is 6.20 Å². The average molecular weight is 364 g/mol. The van der Waals surface area contributed by atoms with Gasteiger partial charge in [-0.15, -0.1) is 0 Å². The molecule has 1 aromatic rings. The van der Waals surface area contributed by atoms with Gasteiger partial charge < -0.3 is 4.90 Å². The van der Waals surface area contributed by atoms with Gasteiger partial charge in [0, 0.05) is 50.0 Å². The number of nitrogens with zero attached hydrogens (tertiary/aromatic N) is 3. The predicted octanol–water partition coefficient (Wildman–Crippen LogP) is 3.47. The van der Waals surface area contributed by atoms with Gasteiger partial charge in [0.2, 0.25) is 0 Å². The molecule has 2 heterocycles. The maximum absolute atomic E-state index is 12.8. The fraction of sp³-hybridized carbons (Fsp3) is 0.478. The number of allylic oxidation sites excluding steroid dienone is 3. The van der Waals surface area contributed by atoms with Crippen molar-refractivity contribution in [3.8, 4) is 0 Å². The molecule has 27 heavy (non-hydrogen) atoms. The Bertz CT molecular complexity index is 834. The molecule has 1 saturated heterocycles. The fourth-order valence-corrected chi connectivity index (χ4v) is 4.33. The van der Waals surface area contributed by atoms with Crippen molar-refractivity contribution in [3.63, 3.8) is 0 Å². The van der Waals surface area contributed by atoms with Gasteiger partial charge in [-0.25, -0.2) is 0 Å². The maximum Gasteiger partial charge on any atom is 0.167 e. The zero-order chi connectivity index (χ0) is 18.8. The number of carbonyl (C=O) groups excluding carboxylic acids is 1. The predicted molar refractivity (Wildman–Crippen MR) is 111 cm³/mol. The molecule has 0 atom stereocenters. The Balaban J connectivity index is 1.60. The molecule has 0 aromatic heterocycles. The molecule has 1 fully saturated rings. The van der Waals surface area contributed by atoms with Crippen molar-refractivity contribution >= 4 is 17.1 Å². The molecule has 0 spiro atoms. The monoisotopic (exact) mass is 363 g/mol. The largest absolute Gasteiger partial charge is 0.305 e. The van der Waals surface area contributed by atoms with E-state index in [0.29, 0.717) is 6.42 Å². The van der Waals surface area contributed by atoms with Crippen LogP contribution >= 0.6 is 0 Å². The van der Waals surface area contributed by atoms with Gasteiger partial charge in [-0.2, -0.15) is 0 Å². The first-order chi connectivity index (χ1) is 13.1. The summed E-state index contributed by atoms with van der Waals surface area (Å²) in [6.07, 6.45) is 7.62. The maximum atomic E-state index is 12.8. The second-order valence-corrected chi connectivity index (χ2v) is 7.97. The molecule has 4 rings (SSSR count). The number of Topliss-reactive ketones (excluding diaryl/α,β-unsaturated/α-hetero) is 1. The number of carbonyl (C=O) groups is 1. The zero-order valence-electron chi connectivity index (χ0n) is 16.5. The number of hydrogen-bond acceptors (Lipinski definition) is 4. The van der Waals surface area contributed by atoms with Crippen molar-refractivity contribution in [1.82, 2.24) is 9.80 Å². The van der Waals surface area contributed by atoms with Crippen molar-refractivity contribution in [3.05, 3.63) is 52.7 Å². The Hall–Kier alpha value is -2.04. The number of fused-ring (bicyclic) bond motifs is 1. The molecule has 4 nitrogen and oxygen atoms in total. The van der Waals surface area contributed by atoms with Crippen molar-refractivity contribution in [2.24, 2.45) is 4.99 Å². The highest BCUT2D eigenvalue weighted by molar-refractivity contribution is 6.26. The third kappa shape index (κ3) is 3.97. The van der Waals surface area contributed by atoms with Crippen molar-refractivity contribution in [2.45, 2.75) is 39.2 Å². The van der Waals surface area contributed by atoms with E-state index < -0.39 is 0 Å². The van der Waals surface area contributed by atoms with Gasteiger partial charge in [0.1, 0.15) is 0 Å². The summed E-state index contributed by atoms with van der Waals surface area (Å²) < 4.78 is 0. The van der Waals surface area contributed by atoms with Crippen LogP contribution in [0.4, 0.5) is 0 Å². The SMILES string of the molecule is CCC1=NC=C(/C=C2\C(=O)Cc3cccc(CN4CCCN(C)CC4)c32)C1. The average Bonchev–Trinajstić information content (AvgIpc) is 3.18. The van der Waals surface area contributed by atoms with E-state index in [-0.39, 0.29) is 5.78 Å². The van der Waals surface area contributed by atoms with Crippen LogP contribution in [0.5, 0.6) is 0 Å². The minimum Gasteiger partial charge on any atom is -0.305 e. The van der Waals surface area contributed by atoms with Crippen LogP contribution in [0, 0.1) is 0 Å². The quantitative estimate of drug-likeness (QED) is 0.769. The lowest BCUT2D eigenvalue weighted by Gasteiger charge is -2.22. The van der Waals surface area contributed by atoms with Gasteiger partial charge in [0.05, 0.1) is 0 Å². The fourth-order valence-electron chi connectivity index (χ4n) is 4.33. The second-order valence-electron chi connectivity index (χ2n) is 7.97. The van der Waals surface area contributed by atoms with Crippen LogP contribution in [0.15, 0.2) is 41.0 Å². The lowest BCUT2D eigenvalue weighted by atomic mass is 9.97. The van der Waals surface area contributed by atoms with Crippen LogP contribution in [0.1, 0.15) is 42.9 Å². The molecule has 1 aliphatic carbocycles. The van der Waals surface area contributed by atoms with Crippen molar-refractivity contribution < 1.29 is 4.79 Å². The van der Waals surface area contributed by atoms with Gasteiger partial charge in [0.15, 0.2) is 5.78 Å². The number of rotatable bonds is 4. The Kier molecular flexibility index (Phi) is 5.37. The van der Waals surface area contributed by atoms with E-state index in [9.17, 15) is 4.79 Å². The second kappa shape index (κ2) is 7.91. The minimum absolute atomic E-state index is 0.249. The van der Waals surface area contributed by atoms with Gasteiger partial charge >= 0.3 is 0 Å². The highest BCUT2D eigenvalue weighted by Gasteiger charge is 2.28. The van der Waals surface area contributed by atoms with Crippen LogP contribution < -0.4 is 0 Å². The summed E-state index contributed by atoms with van der Waals surface area (Å²) in [7, 11) is 2.20. The van der Waals surface area contributed by atoms with Gasteiger partial charge in [-0.1, -0.05) is 25.1 Å². The molecule has 3 aliphatic rings. The number of ketones is 1. The molecule has 0 radical (unpaired) electrons. The van der Waals surface area contributed by atoms with Gasteiger partial charge in [-0.05, 0) is 61.3 Å². The summed E-state index contributed by atoms with van der Waals surface area (Å²) in [5.41, 5.74) is 6.93. The van der Waals surface area contributed by atoms with E-state index in [1.54, 1.807) is 0 Å². The molecule has 142 valence electrons. The van der Waals surface area contributed by atoms with Crippen LogP contribution in [-0.2, 0) is 17.8 Å². The Labute approximate surface area is 162 Å². The number of aliphatic imine (C=N–C) groups is 1. The zero-order valence-corrected chi connectivity index (χ0v) is 16.5. The van der Waals surface area contributed by atoms with E-state index >= 15 is 0 Å². The van der Waals surface area contributed by atoms with Crippen LogP contribution in [-0.4, -0.2) is 54.5 Å². The van der Waals surface area contributed by atoms with Crippen LogP contribution in [0.3, 0.4) is 0 Å². The summed E-state index contributed by atoms with van der Waals surface area (Å²) in [4.78, 5) is 22.2. The topological polar surface area (TPSA) is 35.9 Å². The van der Waals surface area contributed by atoms with Crippen molar-refractivity contribution in [1.29, 1.82) is 0 Å². The highest BCUT2D eigenvalue weighted by atomic mass is 16.1. The summed E-state index contributed by atoms with van der Waals surface area (Å²) in [6.45, 7) is 7.56. The smallest absolute Gasteiger partial charge is 0.167 e. The third-order valence-corrected chi connectivity index (χ3v) is 5.92. The molecule has 0 amide bonds. The van der Waals surface area contributed by atoms with E-state index in [1.165, 1.54) is 35.4 Å². The number of likely N-dealkylation sites (N-methyl/N-ethyl adjacent to an activating group) is 1. The first-order valence-electron chi connectivity index (χ1n) is 10.2. The molecule has 1 aromatic carbocycles. The van der Waals surface area contributed by atoms with Crippen molar-refractivity contribution in [2.75, 3.05) is 33.2 Å². The standard InChI is InChI=1S/C23H29N3O/c1-3-20-12-17(15-24-20)13-21-22(27)14-18-6-4-7-19(23(18)21)16-26-9-5-8-25(2)10-11-26/h4,6-7,13,15H,3,5,8-12,14,16H2,1-2H3/b21-13+. The molecule has 0 saturated carbocycles. The molecule has 2 aliphatic heterocycles. The number of hydrogen-bond donors (Lipinski definition) is 0. The van der Waals surface area contributed by atoms with Crippen LogP contribution in [0.25, 0.3) is 5.57 Å². The van der Waals surface area contributed by atoms with Gasteiger partial charge in [0.25, 0.3) is 0 Å². The van der Waals surface area contributed by atoms with E-state index in [4.69, 9.17) is 0 Å². The lowest BCUT2D eigenvalue weighted by Crippen LogP contribution is -2.28.